The molecule has 2 N–H and O–H groups in total. The Morgan fingerprint density at radius 1 is 1.12 bits per heavy atom. The number of benzene rings is 1. The van der Waals surface area contributed by atoms with Gasteiger partial charge in [0.05, 0.1) is 13.7 Å². The van der Waals surface area contributed by atoms with Crippen molar-refractivity contribution in [2.24, 2.45) is 0 Å². The van der Waals surface area contributed by atoms with Crippen LogP contribution >= 0.6 is 0 Å². The Morgan fingerprint density at radius 2 is 1.77 bits per heavy atom. The maximum absolute atomic E-state index is 12.3. The van der Waals surface area contributed by atoms with E-state index in [2.05, 4.69) is 20.6 Å². The van der Waals surface area contributed by atoms with Gasteiger partial charge in [-0.15, -0.1) is 0 Å². The number of amides is 1. The van der Waals surface area contributed by atoms with Gasteiger partial charge in [-0.25, -0.2) is 9.97 Å². The number of aromatic nitrogens is 2. The second kappa shape index (κ2) is 8.51. The van der Waals surface area contributed by atoms with Crippen molar-refractivity contribution in [3.8, 4) is 11.5 Å². The number of hydrogen-bond acceptors (Lipinski definition) is 6. The van der Waals surface area contributed by atoms with Crippen molar-refractivity contribution < 1.29 is 14.3 Å². The van der Waals surface area contributed by atoms with Gasteiger partial charge in [0.1, 0.15) is 23.8 Å². The molecule has 0 bridgehead atoms. The third-order valence-electron chi connectivity index (χ3n) is 3.29. The lowest BCUT2D eigenvalue weighted by molar-refractivity contribution is 0.0942. The molecule has 7 nitrogen and oxygen atoms in total. The molecule has 0 aliphatic carbocycles. The molecule has 0 saturated carbocycles. The van der Waals surface area contributed by atoms with Crippen LogP contribution in [0.4, 0.5) is 5.95 Å². The third kappa shape index (κ3) is 6.23. The van der Waals surface area contributed by atoms with Crippen LogP contribution in [-0.4, -0.2) is 41.7 Å². The molecule has 0 aliphatic rings. The molecule has 0 saturated heterocycles. The zero-order valence-corrected chi connectivity index (χ0v) is 15.9. The fraction of sp³-hybridized carbons (Fsp3) is 0.421. The van der Waals surface area contributed by atoms with Crippen LogP contribution in [0.3, 0.4) is 0 Å². The quantitative estimate of drug-likeness (QED) is 0.740. The van der Waals surface area contributed by atoms with Crippen molar-refractivity contribution in [3.05, 3.63) is 41.7 Å². The van der Waals surface area contributed by atoms with Crippen molar-refractivity contribution in [3.63, 3.8) is 0 Å². The molecule has 26 heavy (non-hydrogen) atoms. The molecule has 0 radical (unpaired) electrons. The van der Waals surface area contributed by atoms with Crippen LogP contribution in [0.1, 0.15) is 37.0 Å². The molecule has 2 rings (SSSR count). The lowest BCUT2D eigenvalue weighted by Gasteiger charge is -2.20. The molecule has 0 unspecified atom stereocenters. The molecule has 0 aliphatic heterocycles. The SMILES string of the molecule is COc1ccc(OCCNC(=O)c2cc(C)nc(NC(C)(C)C)n2)cc1. The smallest absolute Gasteiger partial charge is 0.270 e. The molecule has 0 atom stereocenters. The van der Waals surface area contributed by atoms with Crippen molar-refractivity contribution in [2.75, 3.05) is 25.6 Å². The lowest BCUT2D eigenvalue weighted by Crippen LogP contribution is -2.31. The summed E-state index contributed by atoms with van der Waals surface area (Å²) in [5.74, 6) is 1.67. The second-order valence-electron chi connectivity index (χ2n) is 6.87. The summed E-state index contributed by atoms with van der Waals surface area (Å²) >= 11 is 0. The van der Waals surface area contributed by atoms with Gasteiger partial charge < -0.3 is 20.1 Å². The van der Waals surface area contributed by atoms with E-state index in [1.54, 1.807) is 13.2 Å². The van der Waals surface area contributed by atoms with E-state index in [-0.39, 0.29) is 11.4 Å². The minimum Gasteiger partial charge on any atom is -0.497 e. The first-order valence-electron chi connectivity index (χ1n) is 8.46. The predicted octanol–water partition coefficient (Wildman–Crippen LogP) is 2.81. The van der Waals surface area contributed by atoms with Gasteiger partial charge in [0.2, 0.25) is 5.95 Å². The zero-order chi connectivity index (χ0) is 19.2. The van der Waals surface area contributed by atoms with Crippen LogP contribution in [-0.2, 0) is 0 Å². The van der Waals surface area contributed by atoms with Crippen LogP contribution in [0.15, 0.2) is 30.3 Å². The van der Waals surface area contributed by atoms with Gasteiger partial charge in [0, 0.05) is 11.2 Å². The number of hydrogen-bond donors (Lipinski definition) is 2. The highest BCUT2D eigenvalue weighted by atomic mass is 16.5. The number of aryl methyl sites for hydroxylation is 1. The lowest BCUT2D eigenvalue weighted by atomic mass is 10.1. The molecular weight excluding hydrogens is 332 g/mol. The fourth-order valence-electron chi connectivity index (χ4n) is 2.17. The zero-order valence-electron chi connectivity index (χ0n) is 15.9. The number of ether oxygens (including phenoxy) is 2. The third-order valence-corrected chi connectivity index (χ3v) is 3.29. The Kier molecular flexibility index (Phi) is 6.38. The number of nitrogens with one attached hydrogen (secondary N) is 2. The Hall–Kier alpha value is -2.83. The van der Waals surface area contributed by atoms with Crippen LogP contribution in [0.5, 0.6) is 11.5 Å². The number of anilines is 1. The monoisotopic (exact) mass is 358 g/mol. The molecular formula is C19H26N4O3. The van der Waals surface area contributed by atoms with E-state index in [9.17, 15) is 4.79 Å². The summed E-state index contributed by atoms with van der Waals surface area (Å²) in [5, 5.41) is 5.98. The van der Waals surface area contributed by atoms with Crippen molar-refractivity contribution in [1.82, 2.24) is 15.3 Å². The number of carbonyl (C=O) groups is 1. The van der Waals surface area contributed by atoms with Crippen molar-refractivity contribution in [2.45, 2.75) is 33.2 Å². The summed E-state index contributed by atoms with van der Waals surface area (Å²) in [5.41, 5.74) is 0.869. The molecule has 140 valence electrons. The van der Waals surface area contributed by atoms with Gasteiger partial charge in [0.15, 0.2) is 0 Å². The van der Waals surface area contributed by atoms with Crippen LogP contribution in [0.25, 0.3) is 0 Å². The Morgan fingerprint density at radius 3 is 2.38 bits per heavy atom. The summed E-state index contributed by atoms with van der Waals surface area (Å²) in [6, 6.07) is 8.94. The number of rotatable bonds is 7. The van der Waals surface area contributed by atoms with Gasteiger partial charge in [-0.1, -0.05) is 0 Å². The van der Waals surface area contributed by atoms with E-state index in [4.69, 9.17) is 9.47 Å². The fourth-order valence-corrected chi connectivity index (χ4v) is 2.17. The minimum atomic E-state index is -0.259. The van der Waals surface area contributed by atoms with Crippen molar-refractivity contribution in [1.29, 1.82) is 0 Å². The van der Waals surface area contributed by atoms with E-state index >= 15 is 0 Å². The molecule has 2 aromatic rings. The van der Waals surface area contributed by atoms with E-state index in [0.29, 0.717) is 24.8 Å². The molecule has 1 heterocycles. The van der Waals surface area contributed by atoms with Crippen LogP contribution < -0.4 is 20.1 Å². The summed E-state index contributed by atoms with van der Waals surface area (Å²) < 4.78 is 10.7. The number of carbonyl (C=O) groups excluding carboxylic acids is 1. The number of methoxy groups -OCH3 is 1. The summed E-state index contributed by atoms with van der Waals surface area (Å²) in [4.78, 5) is 20.9. The maximum atomic E-state index is 12.3. The highest BCUT2D eigenvalue weighted by molar-refractivity contribution is 5.92. The molecule has 1 aromatic heterocycles. The average Bonchev–Trinajstić information content (AvgIpc) is 2.57. The Balaban J connectivity index is 1.87. The van der Waals surface area contributed by atoms with E-state index in [1.807, 2.05) is 52.0 Å². The highest BCUT2D eigenvalue weighted by Gasteiger charge is 2.15. The summed E-state index contributed by atoms with van der Waals surface area (Å²) in [6.07, 6.45) is 0. The van der Waals surface area contributed by atoms with E-state index in [0.717, 1.165) is 17.2 Å². The van der Waals surface area contributed by atoms with Gasteiger partial charge in [-0.05, 0) is 58.0 Å². The summed E-state index contributed by atoms with van der Waals surface area (Å²) in [7, 11) is 1.61. The molecule has 1 aromatic carbocycles. The Labute approximate surface area is 154 Å². The highest BCUT2D eigenvalue weighted by Crippen LogP contribution is 2.16. The summed E-state index contributed by atoms with van der Waals surface area (Å²) in [6.45, 7) is 8.59. The van der Waals surface area contributed by atoms with Gasteiger partial charge >= 0.3 is 0 Å². The van der Waals surface area contributed by atoms with Crippen LogP contribution in [0.2, 0.25) is 0 Å². The van der Waals surface area contributed by atoms with Gasteiger partial charge in [-0.2, -0.15) is 0 Å². The standard InChI is InChI=1S/C19H26N4O3/c1-13-12-16(22-18(21-13)23-19(2,3)4)17(24)20-10-11-26-15-8-6-14(25-5)7-9-15/h6-9,12H,10-11H2,1-5H3,(H,20,24)(H,21,22,23). The van der Waals surface area contributed by atoms with Crippen LogP contribution in [0, 0.1) is 6.92 Å². The normalized spacial score (nSPS) is 11.0. The van der Waals surface area contributed by atoms with E-state index < -0.39 is 0 Å². The predicted molar refractivity (Wildman–Crippen MR) is 101 cm³/mol. The molecule has 0 fully saturated rings. The largest absolute Gasteiger partial charge is 0.497 e. The van der Waals surface area contributed by atoms with Gasteiger partial charge in [0.25, 0.3) is 5.91 Å². The molecule has 0 spiro atoms. The minimum absolute atomic E-state index is 0.187. The van der Waals surface area contributed by atoms with Gasteiger partial charge in [-0.3, -0.25) is 4.79 Å². The number of nitrogens with zero attached hydrogens (tertiary/aromatic N) is 2. The topological polar surface area (TPSA) is 85.4 Å². The van der Waals surface area contributed by atoms with Crippen molar-refractivity contribution >= 4 is 11.9 Å². The molecule has 1 amide bonds. The van der Waals surface area contributed by atoms with E-state index in [1.165, 1.54) is 0 Å². The maximum Gasteiger partial charge on any atom is 0.270 e. The first kappa shape index (κ1) is 19.5. The second-order valence-corrected chi connectivity index (χ2v) is 6.87. The average molecular weight is 358 g/mol. The first-order valence-corrected chi connectivity index (χ1v) is 8.46. The molecule has 7 heteroatoms. The first-order chi connectivity index (χ1) is 12.3. The Bertz CT molecular complexity index is 739.